The number of hydrogen-bond acceptors (Lipinski definition) is 4. The number of carboxylic acid groups (broad SMARTS) is 1. The molecule has 0 aromatic carbocycles. The maximum absolute atomic E-state index is 10.2. The molecule has 1 heterocycles. The van der Waals surface area contributed by atoms with Crippen molar-refractivity contribution in [3.63, 3.8) is 0 Å². The van der Waals surface area contributed by atoms with Crippen molar-refractivity contribution in [2.24, 2.45) is 10.6 Å². The minimum absolute atomic E-state index is 0.244. The molecule has 0 atom stereocenters. The lowest BCUT2D eigenvalue weighted by molar-refractivity contribution is -0.142. The number of carbonyl (C=O) groups is 1. The third-order valence-electron chi connectivity index (χ3n) is 1.83. The number of oxime groups is 1. The van der Waals surface area contributed by atoms with E-state index in [1.165, 1.54) is 0 Å². The van der Waals surface area contributed by atoms with Crippen molar-refractivity contribution in [3.8, 4) is 0 Å². The van der Waals surface area contributed by atoms with E-state index in [9.17, 15) is 4.79 Å². The van der Waals surface area contributed by atoms with Crippen molar-refractivity contribution in [1.29, 1.82) is 0 Å². The van der Waals surface area contributed by atoms with E-state index in [4.69, 9.17) is 9.94 Å². The van der Waals surface area contributed by atoms with Gasteiger partial charge in [-0.1, -0.05) is 19.0 Å². The van der Waals surface area contributed by atoms with E-state index in [-0.39, 0.29) is 12.0 Å². The molecule has 1 aliphatic heterocycles. The Labute approximate surface area is 87.7 Å². The Kier molecular flexibility index (Phi) is 3.80. The van der Waals surface area contributed by atoms with Crippen LogP contribution in [0.2, 0.25) is 0 Å². The van der Waals surface area contributed by atoms with Gasteiger partial charge >= 0.3 is 5.97 Å². The van der Waals surface area contributed by atoms with Crippen molar-refractivity contribution >= 4 is 23.4 Å². The highest BCUT2D eigenvalue weighted by Gasteiger charge is 2.25. The molecule has 80 valence electrons. The topological polar surface area (TPSA) is 58.9 Å². The standard InChI is InChI=1S/C9H15NO3S/c1-9(2)3-7(5-14-6-9)10-13-4-8(11)12/h3-6H2,1-2H3,(H,11,12). The molecule has 1 aliphatic rings. The molecule has 0 bridgehead atoms. The first-order valence-electron chi connectivity index (χ1n) is 4.47. The molecule has 1 saturated heterocycles. The van der Waals surface area contributed by atoms with Gasteiger partial charge in [-0.3, -0.25) is 0 Å². The monoisotopic (exact) mass is 217 g/mol. The number of rotatable bonds is 3. The molecule has 1 fully saturated rings. The molecule has 0 aromatic heterocycles. The number of aliphatic carboxylic acids is 1. The summed E-state index contributed by atoms with van der Waals surface area (Å²) in [6.45, 7) is 3.99. The summed E-state index contributed by atoms with van der Waals surface area (Å²) < 4.78 is 0. The lowest BCUT2D eigenvalue weighted by Gasteiger charge is -2.29. The van der Waals surface area contributed by atoms with Crippen LogP contribution in [0.15, 0.2) is 5.16 Å². The van der Waals surface area contributed by atoms with Crippen LogP contribution >= 0.6 is 11.8 Å². The SMILES string of the molecule is CC1(C)CSCC(=NOCC(=O)O)C1. The molecule has 0 amide bonds. The molecular formula is C9H15NO3S. The van der Waals surface area contributed by atoms with Crippen molar-refractivity contribution < 1.29 is 14.7 Å². The fourth-order valence-corrected chi connectivity index (χ4v) is 2.48. The second-order valence-corrected chi connectivity index (χ2v) is 5.14. The summed E-state index contributed by atoms with van der Waals surface area (Å²) in [5.74, 6) is 0.977. The van der Waals surface area contributed by atoms with E-state index in [1.807, 2.05) is 11.8 Å². The third-order valence-corrected chi connectivity index (χ3v) is 3.35. The highest BCUT2D eigenvalue weighted by Crippen LogP contribution is 2.31. The molecule has 0 aliphatic carbocycles. The van der Waals surface area contributed by atoms with Gasteiger partial charge in [0.15, 0.2) is 0 Å². The van der Waals surface area contributed by atoms with Crippen LogP contribution in [0.5, 0.6) is 0 Å². The summed E-state index contributed by atoms with van der Waals surface area (Å²) in [6, 6.07) is 0. The predicted molar refractivity (Wildman–Crippen MR) is 56.7 cm³/mol. The van der Waals surface area contributed by atoms with Gasteiger partial charge in [0.2, 0.25) is 6.61 Å². The Bertz CT molecular complexity index is 250. The highest BCUT2D eigenvalue weighted by molar-refractivity contribution is 8.00. The molecule has 0 saturated carbocycles. The van der Waals surface area contributed by atoms with Gasteiger partial charge in [0, 0.05) is 5.75 Å². The first-order valence-corrected chi connectivity index (χ1v) is 5.62. The van der Waals surface area contributed by atoms with Crippen molar-refractivity contribution in [3.05, 3.63) is 0 Å². The second-order valence-electron chi connectivity index (χ2n) is 4.16. The second kappa shape index (κ2) is 4.68. The van der Waals surface area contributed by atoms with Crippen LogP contribution in [0.3, 0.4) is 0 Å². The van der Waals surface area contributed by atoms with Crippen LogP contribution in [0, 0.1) is 5.41 Å². The van der Waals surface area contributed by atoms with Crippen LogP contribution in [-0.4, -0.2) is 34.9 Å². The molecular weight excluding hydrogens is 202 g/mol. The molecule has 0 unspecified atom stereocenters. The third kappa shape index (κ3) is 4.00. The summed E-state index contributed by atoms with van der Waals surface area (Å²) >= 11 is 1.81. The van der Waals surface area contributed by atoms with Gasteiger partial charge in [-0.05, 0) is 17.6 Å². The minimum Gasteiger partial charge on any atom is -0.479 e. The minimum atomic E-state index is -0.989. The summed E-state index contributed by atoms with van der Waals surface area (Å²) in [5.41, 5.74) is 1.20. The van der Waals surface area contributed by atoms with Crippen molar-refractivity contribution in [1.82, 2.24) is 0 Å². The summed E-state index contributed by atoms with van der Waals surface area (Å²) in [6.07, 6.45) is 0.889. The van der Waals surface area contributed by atoms with Gasteiger partial charge in [-0.25, -0.2) is 4.79 Å². The zero-order chi connectivity index (χ0) is 10.6. The van der Waals surface area contributed by atoms with Gasteiger partial charge in [0.05, 0.1) is 5.71 Å². The maximum atomic E-state index is 10.2. The Morgan fingerprint density at radius 1 is 1.71 bits per heavy atom. The molecule has 0 radical (unpaired) electrons. The molecule has 0 spiro atoms. The highest BCUT2D eigenvalue weighted by atomic mass is 32.2. The fraction of sp³-hybridized carbons (Fsp3) is 0.778. The van der Waals surface area contributed by atoms with E-state index < -0.39 is 5.97 Å². The Morgan fingerprint density at radius 2 is 2.43 bits per heavy atom. The van der Waals surface area contributed by atoms with Gasteiger partial charge in [0.1, 0.15) is 0 Å². The lowest BCUT2D eigenvalue weighted by Crippen LogP contribution is -2.27. The summed E-state index contributed by atoms with van der Waals surface area (Å²) in [7, 11) is 0. The van der Waals surface area contributed by atoms with Crippen molar-refractivity contribution in [2.45, 2.75) is 20.3 Å². The summed E-state index contributed by atoms with van der Waals surface area (Å²) in [4.78, 5) is 14.9. The predicted octanol–water partition coefficient (Wildman–Crippen LogP) is 1.61. The molecule has 1 rings (SSSR count). The van der Waals surface area contributed by atoms with Gasteiger partial charge in [-0.15, -0.1) is 0 Å². The average molecular weight is 217 g/mol. The van der Waals surface area contributed by atoms with Gasteiger partial charge in [-0.2, -0.15) is 11.8 Å². The Morgan fingerprint density at radius 3 is 3.00 bits per heavy atom. The normalized spacial score (nSPS) is 23.4. The Hall–Kier alpha value is -0.710. The van der Waals surface area contributed by atoms with Crippen LogP contribution in [0.25, 0.3) is 0 Å². The first kappa shape index (κ1) is 11.4. The van der Waals surface area contributed by atoms with E-state index in [0.717, 1.165) is 23.6 Å². The molecule has 4 nitrogen and oxygen atoms in total. The molecule has 0 aromatic rings. The number of carboxylic acids is 1. The first-order chi connectivity index (χ1) is 6.49. The van der Waals surface area contributed by atoms with Crippen LogP contribution in [0.4, 0.5) is 0 Å². The average Bonchev–Trinajstić information content (AvgIpc) is 2.01. The van der Waals surface area contributed by atoms with Gasteiger partial charge < -0.3 is 9.94 Å². The molecule has 14 heavy (non-hydrogen) atoms. The van der Waals surface area contributed by atoms with Gasteiger partial charge in [0.25, 0.3) is 0 Å². The number of hydrogen-bond donors (Lipinski definition) is 1. The number of thioether (sulfide) groups is 1. The Balaban J connectivity index is 2.40. The largest absolute Gasteiger partial charge is 0.479 e. The zero-order valence-corrected chi connectivity index (χ0v) is 9.26. The van der Waals surface area contributed by atoms with E-state index in [1.54, 1.807) is 0 Å². The summed E-state index contributed by atoms with van der Waals surface area (Å²) in [5, 5.41) is 12.2. The van der Waals surface area contributed by atoms with E-state index >= 15 is 0 Å². The molecule has 1 N–H and O–H groups in total. The van der Waals surface area contributed by atoms with E-state index in [0.29, 0.717) is 0 Å². The van der Waals surface area contributed by atoms with Crippen LogP contribution in [0.1, 0.15) is 20.3 Å². The van der Waals surface area contributed by atoms with E-state index in [2.05, 4.69) is 19.0 Å². The van der Waals surface area contributed by atoms with Crippen LogP contribution < -0.4 is 0 Å². The lowest BCUT2D eigenvalue weighted by atomic mass is 9.89. The zero-order valence-electron chi connectivity index (χ0n) is 8.45. The maximum Gasteiger partial charge on any atom is 0.344 e. The quantitative estimate of drug-likeness (QED) is 0.730. The smallest absolute Gasteiger partial charge is 0.344 e. The van der Waals surface area contributed by atoms with Crippen LogP contribution in [-0.2, 0) is 9.63 Å². The fourth-order valence-electron chi connectivity index (χ4n) is 1.34. The van der Waals surface area contributed by atoms with Crippen molar-refractivity contribution in [2.75, 3.05) is 18.1 Å². The number of nitrogens with zero attached hydrogens (tertiary/aromatic N) is 1. The molecule has 5 heteroatoms.